The van der Waals surface area contributed by atoms with Crippen LogP contribution in [0, 0.1) is 13.8 Å². The van der Waals surface area contributed by atoms with Crippen molar-refractivity contribution in [2.24, 2.45) is 11.5 Å². The number of nitrogens with zero attached hydrogens (tertiary/aromatic N) is 1. The Morgan fingerprint density at radius 3 is 1.80 bits per heavy atom. The first-order valence-electron chi connectivity index (χ1n) is 15.5. The van der Waals surface area contributed by atoms with E-state index in [4.69, 9.17) is 11.5 Å². The van der Waals surface area contributed by atoms with E-state index in [0.717, 1.165) is 33.6 Å². The van der Waals surface area contributed by atoms with Gasteiger partial charge in [0, 0.05) is 38.1 Å². The number of benzene rings is 5. The third kappa shape index (κ3) is 4.33. The summed E-state index contributed by atoms with van der Waals surface area (Å²) >= 11 is 1.82. The Labute approximate surface area is 274 Å². The highest BCUT2D eigenvalue weighted by Crippen LogP contribution is 2.62. The molecule has 1 aromatic heterocycles. The lowest BCUT2D eigenvalue weighted by Gasteiger charge is -2.39. The van der Waals surface area contributed by atoms with Crippen molar-refractivity contribution in [3.05, 3.63) is 184 Å². The summed E-state index contributed by atoms with van der Waals surface area (Å²) in [7, 11) is 0. The van der Waals surface area contributed by atoms with E-state index in [9.17, 15) is 0 Å². The fraction of sp³-hybridized carbons (Fsp3) is 0.0714. The maximum absolute atomic E-state index is 6.72. The van der Waals surface area contributed by atoms with Gasteiger partial charge in [-0.15, -0.1) is 0 Å². The molecule has 0 radical (unpaired) electrons. The summed E-state index contributed by atoms with van der Waals surface area (Å²) in [6.45, 7) is 4.05. The van der Waals surface area contributed by atoms with Crippen LogP contribution in [-0.4, -0.2) is 4.98 Å². The number of allylic oxidation sites excluding steroid dienone is 2. The Morgan fingerprint density at radius 1 is 0.565 bits per heavy atom. The van der Waals surface area contributed by atoms with Crippen molar-refractivity contribution in [3.8, 4) is 22.3 Å². The van der Waals surface area contributed by atoms with Crippen molar-refractivity contribution in [2.45, 2.75) is 29.1 Å². The maximum Gasteiger partial charge on any atom is 0.0735 e. The van der Waals surface area contributed by atoms with Gasteiger partial charge in [0.05, 0.1) is 5.41 Å². The zero-order valence-electron chi connectivity index (χ0n) is 25.8. The molecule has 0 unspecified atom stereocenters. The first kappa shape index (κ1) is 28.2. The van der Waals surface area contributed by atoms with E-state index in [2.05, 4.69) is 114 Å². The number of hydrogen-bond donors (Lipinski definition) is 2. The van der Waals surface area contributed by atoms with Gasteiger partial charge in [-0.25, -0.2) is 0 Å². The van der Waals surface area contributed by atoms with Crippen molar-refractivity contribution in [2.75, 3.05) is 0 Å². The second-order valence-electron chi connectivity index (χ2n) is 12.1. The highest BCUT2D eigenvalue weighted by atomic mass is 32.2. The number of aryl methyl sites for hydroxylation is 2. The molecule has 8 rings (SSSR count). The number of hydrogen-bond acceptors (Lipinski definition) is 4. The standard InChI is InChI=1S/C42H33N3S/c1-26-15-21-31(27(2)45-26)28-16-18-29(19-17-28)38(43)23-24-39(44)30-20-22-37-41(25-30)46-40-14-8-7-13-36(40)42(37)34-11-5-3-9-32(34)33-10-4-6-12-35(33)42/h3-25H,43-44H2,1-2H3/b38-23-,39-24-. The molecular formula is C42H33N3S. The Kier molecular flexibility index (Phi) is 6.70. The summed E-state index contributed by atoms with van der Waals surface area (Å²) < 4.78 is 0. The molecule has 1 aliphatic heterocycles. The summed E-state index contributed by atoms with van der Waals surface area (Å²) in [4.78, 5) is 7.09. The van der Waals surface area contributed by atoms with Crippen LogP contribution in [0.1, 0.15) is 44.8 Å². The Bertz CT molecular complexity index is 2180. The van der Waals surface area contributed by atoms with Crippen molar-refractivity contribution < 1.29 is 0 Å². The summed E-state index contributed by atoms with van der Waals surface area (Å²) in [5, 5.41) is 0. The van der Waals surface area contributed by atoms with Crippen LogP contribution in [0.25, 0.3) is 33.6 Å². The first-order chi connectivity index (χ1) is 22.4. The lowest BCUT2D eigenvalue weighted by atomic mass is 9.67. The molecule has 1 spiro atoms. The molecule has 0 saturated carbocycles. The van der Waals surface area contributed by atoms with Gasteiger partial charge in [-0.2, -0.15) is 0 Å². The lowest BCUT2D eigenvalue weighted by Crippen LogP contribution is -2.32. The number of rotatable bonds is 4. The van der Waals surface area contributed by atoms with Gasteiger partial charge in [0.1, 0.15) is 0 Å². The van der Waals surface area contributed by atoms with Gasteiger partial charge in [-0.05, 0) is 94.3 Å². The predicted molar refractivity (Wildman–Crippen MR) is 191 cm³/mol. The van der Waals surface area contributed by atoms with E-state index in [0.29, 0.717) is 11.4 Å². The highest BCUT2D eigenvalue weighted by molar-refractivity contribution is 7.99. The lowest BCUT2D eigenvalue weighted by molar-refractivity contribution is 0.722. The Hall–Kier alpha value is -5.32. The van der Waals surface area contributed by atoms with Crippen molar-refractivity contribution in [1.29, 1.82) is 0 Å². The van der Waals surface area contributed by atoms with Crippen LogP contribution in [0.4, 0.5) is 0 Å². The Morgan fingerprint density at radius 2 is 1.13 bits per heavy atom. The summed E-state index contributed by atoms with van der Waals surface area (Å²) in [5.41, 5.74) is 28.3. The van der Waals surface area contributed by atoms with Crippen LogP contribution in [0.2, 0.25) is 0 Å². The molecule has 2 aliphatic rings. The fourth-order valence-corrected chi connectivity index (χ4v) is 8.48. The van der Waals surface area contributed by atoms with E-state index >= 15 is 0 Å². The molecule has 6 aromatic rings. The average molecular weight is 612 g/mol. The van der Waals surface area contributed by atoms with Gasteiger partial charge < -0.3 is 11.5 Å². The second kappa shape index (κ2) is 10.9. The normalized spacial score (nSPS) is 14.4. The SMILES string of the molecule is Cc1ccc(-c2ccc(/C(N)=C/C=C(\N)c3ccc4c(c3)Sc3ccccc3C43c4ccccc4-c4ccccc43)cc2)c(C)n1. The predicted octanol–water partition coefficient (Wildman–Crippen LogP) is 9.49. The van der Waals surface area contributed by atoms with Crippen LogP contribution in [-0.2, 0) is 5.41 Å². The van der Waals surface area contributed by atoms with Gasteiger partial charge >= 0.3 is 0 Å². The smallest absolute Gasteiger partial charge is 0.0735 e. The molecule has 0 atom stereocenters. The second-order valence-corrected chi connectivity index (χ2v) is 13.1. The van der Waals surface area contributed by atoms with Crippen LogP contribution >= 0.6 is 11.8 Å². The number of fused-ring (bicyclic) bond motifs is 9. The molecule has 4 heteroatoms. The zero-order chi connectivity index (χ0) is 31.4. The van der Waals surface area contributed by atoms with E-state index in [1.54, 1.807) is 0 Å². The van der Waals surface area contributed by atoms with E-state index < -0.39 is 0 Å². The van der Waals surface area contributed by atoms with Gasteiger partial charge in [0.2, 0.25) is 0 Å². The quantitative estimate of drug-likeness (QED) is 0.195. The van der Waals surface area contributed by atoms with Gasteiger partial charge in [0.25, 0.3) is 0 Å². The number of nitrogens with two attached hydrogens (primary N) is 2. The molecule has 1 aliphatic carbocycles. The topological polar surface area (TPSA) is 64.9 Å². The van der Waals surface area contributed by atoms with E-state index in [1.165, 1.54) is 43.2 Å². The molecule has 46 heavy (non-hydrogen) atoms. The maximum atomic E-state index is 6.72. The van der Waals surface area contributed by atoms with E-state index in [1.807, 2.05) is 56.0 Å². The highest BCUT2D eigenvalue weighted by Gasteiger charge is 2.49. The van der Waals surface area contributed by atoms with Crippen LogP contribution < -0.4 is 11.5 Å². The molecule has 0 bridgehead atoms. The molecule has 5 aromatic carbocycles. The molecule has 0 fully saturated rings. The molecule has 0 saturated heterocycles. The zero-order valence-corrected chi connectivity index (χ0v) is 26.6. The average Bonchev–Trinajstić information content (AvgIpc) is 3.38. The van der Waals surface area contributed by atoms with Crippen LogP contribution in [0.3, 0.4) is 0 Å². The molecule has 222 valence electrons. The summed E-state index contributed by atoms with van der Waals surface area (Å²) in [5.74, 6) is 0. The van der Waals surface area contributed by atoms with Gasteiger partial charge in [-0.1, -0.05) is 121 Å². The number of aromatic nitrogens is 1. The minimum absolute atomic E-state index is 0.384. The van der Waals surface area contributed by atoms with Crippen molar-refractivity contribution in [1.82, 2.24) is 4.98 Å². The third-order valence-electron chi connectivity index (χ3n) is 9.38. The minimum atomic E-state index is -0.384. The monoisotopic (exact) mass is 611 g/mol. The molecule has 0 amide bonds. The van der Waals surface area contributed by atoms with Crippen molar-refractivity contribution >= 4 is 23.2 Å². The Balaban J connectivity index is 1.16. The van der Waals surface area contributed by atoms with E-state index in [-0.39, 0.29) is 5.41 Å². The van der Waals surface area contributed by atoms with Crippen LogP contribution in [0.5, 0.6) is 0 Å². The summed E-state index contributed by atoms with van der Waals surface area (Å²) in [6.07, 6.45) is 3.81. The molecule has 3 nitrogen and oxygen atoms in total. The largest absolute Gasteiger partial charge is 0.398 e. The summed E-state index contributed by atoms with van der Waals surface area (Å²) in [6, 6.07) is 45.7. The first-order valence-corrected chi connectivity index (χ1v) is 16.4. The minimum Gasteiger partial charge on any atom is -0.398 e. The molecule has 4 N–H and O–H groups in total. The van der Waals surface area contributed by atoms with Crippen LogP contribution in [0.15, 0.2) is 149 Å². The van der Waals surface area contributed by atoms with Gasteiger partial charge in [0.15, 0.2) is 0 Å². The third-order valence-corrected chi connectivity index (χ3v) is 10.5. The molecular weight excluding hydrogens is 579 g/mol. The molecule has 2 heterocycles. The van der Waals surface area contributed by atoms with Gasteiger partial charge in [-0.3, -0.25) is 4.98 Å². The fourth-order valence-electron chi connectivity index (χ4n) is 7.25. The number of pyridine rings is 1. The van der Waals surface area contributed by atoms with Crippen molar-refractivity contribution in [3.63, 3.8) is 0 Å².